The number of ether oxygens (including phenoxy) is 1. The maximum atomic E-state index is 13.2. The highest BCUT2D eigenvalue weighted by Crippen LogP contribution is 2.14. The summed E-state index contributed by atoms with van der Waals surface area (Å²) in [6, 6.07) is 8.28. The van der Waals surface area contributed by atoms with E-state index >= 15 is 0 Å². The molecule has 2 rings (SSSR count). The van der Waals surface area contributed by atoms with Gasteiger partial charge in [0.1, 0.15) is 17.7 Å². The summed E-state index contributed by atoms with van der Waals surface area (Å²) in [6.07, 6.45) is 0.752. The molecule has 1 aromatic carbocycles. The van der Waals surface area contributed by atoms with Crippen LogP contribution in [0.5, 0.6) is 5.75 Å². The Kier molecular flexibility index (Phi) is 6.87. The monoisotopic (exact) mass is 335 g/mol. The normalized spacial score (nSPS) is 12.7. The Morgan fingerprint density at radius 3 is 2.87 bits per heavy atom. The number of aliphatic imine (C=N–C) groups is 1. The lowest BCUT2D eigenvalue weighted by Crippen LogP contribution is -2.42. The van der Waals surface area contributed by atoms with Crippen LogP contribution < -0.4 is 15.4 Å². The maximum absolute atomic E-state index is 13.2. The topological polar surface area (TPSA) is 45.7 Å². The van der Waals surface area contributed by atoms with E-state index in [-0.39, 0.29) is 11.9 Å². The third kappa shape index (κ3) is 5.90. The fourth-order valence-corrected chi connectivity index (χ4v) is 2.68. The number of nitrogens with zero attached hydrogens (tertiary/aromatic N) is 1. The largest absolute Gasteiger partial charge is 0.489 e. The van der Waals surface area contributed by atoms with E-state index in [1.54, 1.807) is 30.5 Å². The first-order valence-electron chi connectivity index (χ1n) is 7.59. The first-order chi connectivity index (χ1) is 11.2. The molecule has 1 unspecified atom stereocenters. The van der Waals surface area contributed by atoms with Crippen LogP contribution in [0.1, 0.15) is 18.9 Å². The van der Waals surface area contributed by atoms with Crippen molar-refractivity contribution in [2.75, 3.05) is 13.6 Å². The summed E-state index contributed by atoms with van der Waals surface area (Å²) in [5.41, 5.74) is 1.22. The van der Waals surface area contributed by atoms with E-state index in [0.717, 1.165) is 18.9 Å². The zero-order valence-electron chi connectivity index (χ0n) is 13.4. The van der Waals surface area contributed by atoms with E-state index in [4.69, 9.17) is 4.74 Å². The second-order valence-electron chi connectivity index (χ2n) is 5.04. The molecule has 0 aliphatic rings. The van der Waals surface area contributed by atoms with Gasteiger partial charge in [0.15, 0.2) is 5.96 Å². The molecule has 2 aromatic rings. The second-order valence-corrected chi connectivity index (χ2v) is 5.82. The highest BCUT2D eigenvalue weighted by molar-refractivity contribution is 7.07. The quantitative estimate of drug-likeness (QED) is 0.602. The summed E-state index contributed by atoms with van der Waals surface area (Å²) in [4.78, 5) is 4.20. The molecule has 1 heterocycles. The number of nitrogens with one attached hydrogen (secondary N) is 2. The van der Waals surface area contributed by atoms with E-state index in [1.807, 2.05) is 12.3 Å². The van der Waals surface area contributed by atoms with Crippen molar-refractivity contribution < 1.29 is 9.13 Å². The molecule has 0 aliphatic carbocycles. The molecule has 0 radical (unpaired) electrons. The fourth-order valence-electron chi connectivity index (χ4n) is 2.01. The Bertz CT molecular complexity index is 616. The molecule has 6 heteroatoms. The van der Waals surface area contributed by atoms with E-state index in [2.05, 4.69) is 27.1 Å². The van der Waals surface area contributed by atoms with Crippen LogP contribution in [0.15, 0.2) is 46.1 Å². The summed E-state index contributed by atoms with van der Waals surface area (Å²) in [6.45, 7) is 3.36. The van der Waals surface area contributed by atoms with Gasteiger partial charge in [-0.15, -0.1) is 0 Å². The summed E-state index contributed by atoms with van der Waals surface area (Å²) in [5.74, 6) is 0.968. The fraction of sp³-hybridized carbons (Fsp3) is 0.353. The molecule has 0 amide bonds. The van der Waals surface area contributed by atoms with Gasteiger partial charge in [0, 0.05) is 19.7 Å². The Morgan fingerprint density at radius 1 is 1.35 bits per heavy atom. The molecule has 23 heavy (non-hydrogen) atoms. The highest BCUT2D eigenvalue weighted by Gasteiger charge is 2.10. The Balaban J connectivity index is 1.81. The number of benzene rings is 1. The van der Waals surface area contributed by atoms with Gasteiger partial charge in [-0.05, 0) is 40.9 Å². The van der Waals surface area contributed by atoms with Gasteiger partial charge in [-0.2, -0.15) is 11.3 Å². The molecule has 0 saturated carbocycles. The number of halogens is 1. The minimum atomic E-state index is -0.293. The number of rotatable bonds is 7. The van der Waals surface area contributed by atoms with E-state index < -0.39 is 0 Å². The summed E-state index contributed by atoms with van der Waals surface area (Å²) in [5, 5.41) is 10.6. The molecule has 2 N–H and O–H groups in total. The average molecular weight is 335 g/mol. The predicted octanol–water partition coefficient (Wildman–Crippen LogP) is 3.41. The van der Waals surface area contributed by atoms with Crippen LogP contribution in [-0.4, -0.2) is 25.7 Å². The van der Waals surface area contributed by atoms with Gasteiger partial charge in [0.05, 0.1) is 6.54 Å². The van der Waals surface area contributed by atoms with Gasteiger partial charge in [-0.1, -0.05) is 13.0 Å². The second kappa shape index (κ2) is 9.15. The number of hydrogen-bond acceptors (Lipinski definition) is 3. The minimum absolute atomic E-state index is 0.0588. The lowest BCUT2D eigenvalue weighted by molar-refractivity contribution is 0.199. The van der Waals surface area contributed by atoms with Crippen molar-refractivity contribution in [3.63, 3.8) is 0 Å². The van der Waals surface area contributed by atoms with Gasteiger partial charge in [-0.3, -0.25) is 4.99 Å². The summed E-state index contributed by atoms with van der Waals surface area (Å²) < 4.78 is 19.0. The van der Waals surface area contributed by atoms with Gasteiger partial charge in [-0.25, -0.2) is 4.39 Å². The molecule has 0 fully saturated rings. The minimum Gasteiger partial charge on any atom is -0.489 e. The van der Waals surface area contributed by atoms with Crippen molar-refractivity contribution in [3.05, 3.63) is 52.5 Å². The van der Waals surface area contributed by atoms with Crippen LogP contribution in [0.2, 0.25) is 0 Å². The maximum Gasteiger partial charge on any atom is 0.191 e. The predicted molar refractivity (Wildman–Crippen MR) is 93.6 cm³/mol. The van der Waals surface area contributed by atoms with Crippen LogP contribution in [0.25, 0.3) is 0 Å². The van der Waals surface area contributed by atoms with Crippen molar-refractivity contribution in [2.45, 2.75) is 26.0 Å². The van der Waals surface area contributed by atoms with Crippen LogP contribution in [-0.2, 0) is 6.54 Å². The lowest BCUT2D eigenvalue weighted by Gasteiger charge is -2.20. The molecule has 0 bridgehead atoms. The van der Waals surface area contributed by atoms with Gasteiger partial charge >= 0.3 is 0 Å². The van der Waals surface area contributed by atoms with Crippen LogP contribution >= 0.6 is 11.3 Å². The standard InChI is InChI=1S/C17H22FN3OS/c1-3-15(22-16-6-4-5-14(18)9-16)11-21-17(19-2)20-10-13-7-8-23-12-13/h4-9,12,15H,3,10-11H2,1-2H3,(H2,19,20,21). The molecule has 1 atom stereocenters. The van der Waals surface area contributed by atoms with Gasteiger partial charge in [0.25, 0.3) is 0 Å². The lowest BCUT2D eigenvalue weighted by atomic mass is 10.2. The van der Waals surface area contributed by atoms with E-state index in [0.29, 0.717) is 12.3 Å². The summed E-state index contributed by atoms with van der Waals surface area (Å²) >= 11 is 1.67. The molecule has 0 aliphatic heterocycles. The molecule has 1 aromatic heterocycles. The molecule has 4 nitrogen and oxygen atoms in total. The first kappa shape index (κ1) is 17.3. The molecule has 0 spiro atoms. The van der Waals surface area contributed by atoms with Crippen LogP contribution in [0, 0.1) is 5.82 Å². The highest BCUT2D eigenvalue weighted by atomic mass is 32.1. The molecular formula is C17H22FN3OS. The molecular weight excluding hydrogens is 313 g/mol. The molecule has 124 valence electrons. The Hall–Kier alpha value is -2.08. The Morgan fingerprint density at radius 2 is 2.22 bits per heavy atom. The van der Waals surface area contributed by atoms with Crippen molar-refractivity contribution in [3.8, 4) is 5.75 Å². The summed E-state index contributed by atoms with van der Waals surface area (Å²) in [7, 11) is 1.73. The molecule has 0 saturated heterocycles. The zero-order chi connectivity index (χ0) is 16.5. The van der Waals surface area contributed by atoms with Crippen molar-refractivity contribution in [2.24, 2.45) is 4.99 Å². The number of hydrogen-bond donors (Lipinski definition) is 2. The van der Waals surface area contributed by atoms with Gasteiger partial charge in [0.2, 0.25) is 0 Å². The third-order valence-electron chi connectivity index (χ3n) is 3.32. The van der Waals surface area contributed by atoms with Crippen LogP contribution in [0.4, 0.5) is 4.39 Å². The third-order valence-corrected chi connectivity index (χ3v) is 4.05. The van der Waals surface area contributed by atoms with Crippen molar-refractivity contribution in [1.29, 1.82) is 0 Å². The SMILES string of the molecule is CCC(CNC(=NC)NCc1ccsc1)Oc1cccc(F)c1. The smallest absolute Gasteiger partial charge is 0.191 e. The average Bonchev–Trinajstić information content (AvgIpc) is 3.07. The first-order valence-corrected chi connectivity index (χ1v) is 8.53. The number of guanidine groups is 1. The van der Waals surface area contributed by atoms with Gasteiger partial charge < -0.3 is 15.4 Å². The van der Waals surface area contributed by atoms with Crippen LogP contribution in [0.3, 0.4) is 0 Å². The van der Waals surface area contributed by atoms with E-state index in [1.165, 1.54) is 17.7 Å². The van der Waals surface area contributed by atoms with Crippen molar-refractivity contribution >= 4 is 17.3 Å². The Labute approximate surface area is 140 Å². The van der Waals surface area contributed by atoms with Crippen molar-refractivity contribution in [1.82, 2.24) is 10.6 Å². The van der Waals surface area contributed by atoms with E-state index in [9.17, 15) is 4.39 Å². The number of thiophene rings is 1. The zero-order valence-corrected chi connectivity index (χ0v) is 14.2.